The highest BCUT2D eigenvalue weighted by Gasteiger charge is 2.50. The van der Waals surface area contributed by atoms with Crippen LogP contribution in [-0.4, -0.2) is 85.3 Å². The van der Waals surface area contributed by atoms with Crippen LogP contribution in [-0.2, 0) is 28.7 Å². The van der Waals surface area contributed by atoms with Crippen LogP contribution in [0.5, 0.6) is 0 Å². The lowest BCUT2D eigenvalue weighted by molar-refractivity contribution is -0.140. The van der Waals surface area contributed by atoms with Gasteiger partial charge in [0, 0.05) is 32.3 Å². The van der Waals surface area contributed by atoms with E-state index in [1.807, 2.05) is 34.6 Å². The average molecular weight is 696 g/mol. The van der Waals surface area contributed by atoms with Gasteiger partial charge in [-0.15, -0.1) is 6.58 Å². The van der Waals surface area contributed by atoms with Gasteiger partial charge < -0.3 is 30.9 Å². The van der Waals surface area contributed by atoms with Crippen molar-refractivity contribution in [2.24, 2.45) is 34.5 Å². The van der Waals surface area contributed by atoms with Crippen molar-refractivity contribution in [2.75, 3.05) is 26.7 Å². The predicted octanol–water partition coefficient (Wildman–Crippen LogP) is 4.86. The van der Waals surface area contributed by atoms with Crippen molar-refractivity contribution in [2.45, 2.75) is 124 Å². The number of Topliss-reactive ketones (excluding diaryl/α,β-unsaturated/α-hetero) is 1. The molecule has 3 aliphatic carbocycles. The van der Waals surface area contributed by atoms with Gasteiger partial charge in [-0.25, -0.2) is 4.79 Å². The van der Waals surface area contributed by atoms with E-state index in [0.29, 0.717) is 18.9 Å². The molecule has 5 amide bonds. The largest absolute Gasteiger partial charge is 0.450 e. The molecule has 49 heavy (non-hydrogen) atoms. The number of amides is 5. The summed E-state index contributed by atoms with van der Waals surface area (Å²) >= 11 is 0. The summed E-state index contributed by atoms with van der Waals surface area (Å²) in [5.41, 5.74) is -1.10. The molecular weight excluding hydrogens is 626 g/mol. The number of carbonyl (C=O) groups is 6. The topological polar surface area (TPSA) is 163 Å². The first-order valence-corrected chi connectivity index (χ1v) is 18.2. The second kappa shape index (κ2) is 17.5. The maximum Gasteiger partial charge on any atom is 0.407 e. The standard InChI is InChI=1S/C37H61N5O7.4H2/c1-9-20-38-32(45)29(44)27(17-16-24-14-15-24)39-28(43)21-25-23(3)26(25)22-42(8)34(47)31(36(4,5)6)40-33(46)30(41-35(48)49-10-2)37(7)18-12-11-13-19-37;;;;/h9,23-27,30-31H,1,10-22H2,2-8H3,(H,38,45)(H,39,43)(H,40,46)(H,41,48);4*1H/t23-,25-,26?,27?,30+,31+;;;;/m0..../s1. The Labute approximate surface area is 298 Å². The minimum absolute atomic E-state index is 0. The minimum atomic E-state index is -0.871. The van der Waals surface area contributed by atoms with Crippen molar-refractivity contribution >= 4 is 35.5 Å². The Hall–Kier alpha value is -3.44. The smallest absolute Gasteiger partial charge is 0.407 e. The molecule has 3 aliphatic rings. The summed E-state index contributed by atoms with van der Waals surface area (Å²) in [5.74, 6) is -1.52. The van der Waals surface area contributed by atoms with Gasteiger partial charge in [0.15, 0.2) is 0 Å². The van der Waals surface area contributed by atoms with Crippen molar-refractivity contribution in [3.63, 3.8) is 0 Å². The van der Waals surface area contributed by atoms with Crippen molar-refractivity contribution < 1.29 is 39.2 Å². The van der Waals surface area contributed by atoms with Crippen LogP contribution in [0.3, 0.4) is 0 Å². The van der Waals surface area contributed by atoms with Gasteiger partial charge in [0.1, 0.15) is 12.1 Å². The van der Waals surface area contributed by atoms with Crippen molar-refractivity contribution in [1.29, 1.82) is 0 Å². The molecule has 0 aromatic carbocycles. The number of alkyl carbamates (subject to hydrolysis) is 1. The van der Waals surface area contributed by atoms with E-state index in [9.17, 15) is 28.8 Å². The van der Waals surface area contributed by atoms with E-state index in [4.69, 9.17) is 4.74 Å². The third kappa shape index (κ3) is 11.6. The summed E-state index contributed by atoms with van der Waals surface area (Å²) in [6, 6.07) is -2.58. The van der Waals surface area contributed by atoms with Crippen LogP contribution in [0.1, 0.15) is 111 Å². The highest BCUT2D eigenvalue weighted by atomic mass is 16.5. The molecule has 12 nitrogen and oxygen atoms in total. The molecule has 0 bridgehead atoms. The zero-order valence-electron chi connectivity index (χ0n) is 30.8. The van der Waals surface area contributed by atoms with E-state index < -0.39 is 52.6 Å². The zero-order valence-corrected chi connectivity index (χ0v) is 30.8. The van der Waals surface area contributed by atoms with Gasteiger partial charge in [0.2, 0.25) is 23.5 Å². The molecule has 0 aromatic rings. The molecule has 0 aliphatic heterocycles. The molecule has 3 fully saturated rings. The third-order valence-electron chi connectivity index (χ3n) is 10.8. The molecule has 0 radical (unpaired) electrons. The van der Waals surface area contributed by atoms with Gasteiger partial charge in [-0.1, -0.05) is 72.8 Å². The highest BCUT2D eigenvalue weighted by molar-refractivity contribution is 6.38. The van der Waals surface area contributed by atoms with Gasteiger partial charge in [0.25, 0.3) is 5.91 Å². The van der Waals surface area contributed by atoms with Crippen LogP contribution >= 0.6 is 0 Å². The summed E-state index contributed by atoms with van der Waals surface area (Å²) in [5, 5.41) is 11.1. The van der Waals surface area contributed by atoms with Crippen LogP contribution in [0.2, 0.25) is 0 Å². The SMILES string of the molecule is C=CCNC(=O)C(=O)C(CCC1CC1)NC(=O)C[C@@H]1C(CN(C)C(=O)[C@@H](NC(=O)[C@@H](NC(=O)OCC)C2(C)CCCCC2)C(C)(C)C)[C@H]1C.[HH].[HH].[HH].[HH]. The van der Waals surface area contributed by atoms with Gasteiger partial charge in [0.05, 0.1) is 12.6 Å². The summed E-state index contributed by atoms with van der Waals surface area (Å²) in [6.45, 7) is 15.7. The third-order valence-corrected chi connectivity index (χ3v) is 10.8. The molecule has 0 saturated heterocycles. The molecule has 0 aromatic heterocycles. The molecule has 3 rings (SSSR count). The van der Waals surface area contributed by atoms with Crippen molar-refractivity contribution in [1.82, 2.24) is 26.2 Å². The van der Waals surface area contributed by atoms with Gasteiger partial charge in [-0.2, -0.15) is 0 Å². The van der Waals surface area contributed by atoms with E-state index in [1.54, 1.807) is 18.9 Å². The van der Waals surface area contributed by atoms with E-state index in [0.717, 1.165) is 51.4 Å². The monoisotopic (exact) mass is 696 g/mol. The molecule has 284 valence electrons. The van der Waals surface area contributed by atoms with E-state index in [2.05, 4.69) is 27.8 Å². The maximum atomic E-state index is 14.0. The number of carbonyl (C=O) groups excluding carboxylic acids is 6. The fourth-order valence-corrected chi connectivity index (χ4v) is 7.23. The number of ether oxygens (including phenoxy) is 1. The van der Waals surface area contributed by atoms with Gasteiger partial charge >= 0.3 is 6.09 Å². The first-order valence-electron chi connectivity index (χ1n) is 18.2. The first kappa shape index (κ1) is 40.0. The minimum Gasteiger partial charge on any atom is -0.450 e. The van der Waals surface area contributed by atoms with E-state index >= 15 is 0 Å². The van der Waals surface area contributed by atoms with Crippen LogP contribution in [0, 0.1) is 34.5 Å². The maximum absolute atomic E-state index is 14.0. The molecule has 12 heteroatoms. The van der Waals surface area contributed by atoms with Crippen LogP contribution in [0.15, 0.2) is 12.7 Å². The molecule has 3 saturated carbocycles. The van der Waals surface area contributed by atoms with Crippen LogP contribution < -0.4 is 21.3 Å². The average Bonchev–Trinajstić information content (AvgIpc) is 3.97. The quantitative estimate of drug-likeness (QED) is 0.118. The lowest BCUT2D eigenvalue weighted by atomic mass is 9.70. The van der Waals surface area contributed by atoms with E-state index in [-0.39, 0.29) is 54.8 Å². The molecule has 0 heterocycles. The Kier molecular flexibility index (Phi) is 14.3. The zero-order chi connectivity index (χ0) is 36.5. The summed E-state index contributed by atoms with van der Waals surface area (Å²) in [6.07, 6.45) is 8.98. The molecule has 0 spiro atoms. The Morgan fingerprint density at radius 3 is 2.24 bits per heavy atom. The number of hydrogen-bond donors (Lipinski definition) is 4. The molecule has 6 atom stereocenters. The van der Waals surface area contributed by atoms with Crippen LogP contribution in [0.4, 0.5) is 4.79 Å². The summed E-state index contributed by atoms with van der Waals surface area (Å²) in [7, 11) is 1.71. The number of nitrogens with zero attached hydrogens (tertiary/aromatic N) is 1. The van der Waals surface area contributed by atoms with E-state index in [1.165, 1.54) is 6.08 Å². The molecule has 2 unspecified atom stereocenters. The fourth-order valence-electron chi connectivity index (χ4n) is 7.23. The van der Waals surface area contributed by atoms with Gasteiger partial charge in [-0.3, -0.25) is 24.0 Å². The number of ketones is 1. The Morgan fingerprint density at radius 2 is 1.67 bits per heavy atom. The fraction of sp³-hybridized carbons (Fsp3) is 0.784. The number of hydrogen-bond acceptors (Lipinski definition) is 7. The number of nitrogens with one attached hydrogen (secondary N) is 4. The molecule has 4 N–H and O–H groups in total. The van der Waals surface area contributed by atoms with Crippen molar-refractivity contribution in [3.05, 3.63) is 12.7 Å². The lowest BCUT2D eigenvalue weighted by Crippen LogP contribution is -2.62. The summed E-state index contributed by atoms with van der Waals surface area (Å²) < 4.78 is 5.12. The Bertz CT molecular complexity index is 1240. The Morgan fingerprint density at radius 1 is 1.02 bits per heavy atom. The highest BCUT2D eigenvalue weighted by Crippen LogP contribution is 2.48. The first-order chi connectivity index (χ1) is 23.0. The van der Waals surface area contributed by atoms with Crippen LogP contribution in [0.25, 0.3) is 0 Å². The number of likely N-dealkylation sites (N-methyl/N-ethyl adjacent to an activating group) is 1. The van der Waals surface area contributed by atoms with Gasteiger partial charge in [-0.05, 0) is 67.1 Å². The Balaban J connectivity index is 0. The normalized spacial score (nSPS) is 23.1. The molecular formula is C37H69N5O7. The van der Waals surface area contributed by atoms with Crippen molar-refractivity contribution in [3.8, 4) is 0 Å². The summed E-state index contributed by atoms with van der Waals surface area (Å²) in [4.78, 5) is 80.3. The predicted molar refractivity (Wildman–Crippen MR) is 195 cm³/mol. The number of rotatable bonds is 18. The second-order valence-electron chi connectivity index (χ2n) is 15.9. The lowest BCUT2D eigenvalue weighted by Gasteiger charge is -2.41. The second-order valence-corrected chi connectivity index (χ2v) is 15.9.